The average Bonchev–Trinajstić information content (AvgIpc) is 3.47. The molecule has 1 aliphatic heterocycles. The number of rotatable bonds is 3. The van der Waals surface area contributed by atoms with Crippen LogP contribution in [0.2, 0.25) is 0 Å². The second kappa shape index (κ2) is 7.40. The Morgan fingerprint density at radius 1 is 1.03 bits per heavy atom. The molecule has 0 spiro atoms. The summed E-state index contributed by atoms with van der Waals surface area (Å²) in [6.07, 6.45) is 2.31. The molecule has 4 aromatic rings. The second-order valence-electron chi connectivity index (χ2n) is 7.80. The number of hydrogen-bond donors (Lipinski definition) is 0. The first kappa shape index (κ1) is 19.1. The molecule has 6 nitrogen and oxygen atoms in total. The lowest BCUT2D eigenvalue weighted by Gasteiger charge is -2.19. The lowest BCUT2D eigenvalue weighted by atomic mass is 10.0. The fraction of sp³-hybridized carbons (Fsp3) is 0.160. The number of anilines is 1. The first-order chi connectivity index (χ1) is 15.0. The second-order valence-corrected chi connectivity index (χ2v) is 7.80. The molecule has 0 unspecified atom stereocenters. The molecule has 3 heterocycles. The number of nitrogens with zero attached hydrogens (tertiary/aromatic N) is 3. The van der Waals surface area contributed by atoms with Crippen LogP contribution < -0.4 is 4.90 Å². The van der Waals surface area contributed by atoms with Gasteiger partial charge >= 0.3 is 0 Å². The van der Waals surface area contributed by atoms with Crippen LogP contribution in [0.15, 0.2) is 71.3 Å². The zero-order valence-corrected chi connectivity index (χ0v) is 17.3. The zero-order valence-electron chi connectivity index (χ0n) is 17.3. The first-order valence-electron chi connectivity index (χ1n) is 10.1. The Bertz CT molecular complexity index is 1310. The molecule has 2 aromatic carbocycles. The number of carbonyl (C=O) groups excluding carboxylic acids is 2. The van der Waals surface area contributed by atoms with E-state index >= 15 is 0 Å². The van der Waals surface area contributed by atoms with Crippen molar-refractivity contribution in [3.05, 3.63) is 83.6 Å². The van der Waals surface area contributed by atoms with E-state index < -0.39 is 0 Å². The van der Waals surface area contributed by atoms with Gasteiger partial charge in [0.15, 0.2) is 5.76 Å². The van der Waals surface area contributed by atoms with Gasteiger partial charge in [-0.2, -0.15) is 0 Å². The molecule has 6 heteroatoms. The fourth-order valence-corrected chi connectivity index (χ4v) is 4.05. The molecule has 0 radical (unpaired) electrons. The Morgan fingerprint density at radius 2 is 1.87 bits per heavy atom. The van der Waals surface area contributed by atoms with E-state index in [4.69, 9.17) is 4.42 Å². The highest BCUT2D eigenvalue weighted by molar-refractivity contribution is 6.15. The monoisotopic (exact) mass is 411 g/mol. The van der Waals surface area contributed by atoms with Crippen LogP contribution in [-0.2, 0) is 6.42 Å². The van der Waals surface area contributed by atoms with Gasteiger partial charge in [0, 0.05) is 37.3 Å². The molecule has 0 N–H and O–H groups in total. The summed E-state index contributed by atoms with van der Waals surface area (Å²) in [5.74, 6) is 0.487. The predicted molar refractivity (Wildman–Crippen MR) is 119 cm³/mol. The van der Waals surface area contributed by atoms with E-state index in [0.29, 0.717) is 35.5 Å². The van der Waals surface area contributed by atoms with Crippen LogP contribution in [-0.4, -0.2) is 42.3 Å². The van der Waals surface area contributed by atoms with Gasteiger partial charge in [0.1, 0.15) is 5.69 Å². The van der Waals surface area contributed by atoms with E-state index in [1.54, 1.807) is 48.4 Å². The number of benzene rings is 2. The van der Waals surface area contributed by atoms with Crippen LogP contribution in [0.4, 0.5) is 5.69 Å². The summed E-state index contributed by atoms with van der Waals surface area (Å²) in [7, 11) is 3.47. The molecule has 0 aliphatic carbocycles. The van der Waals surface area contributed by atoms with Crippen LogP contribution >= 0.6 is 0 Å². The largest absolute Gasteiger partial charge is 0.463 e. The maximum atomic E-state index is 13.7. The van der Waals surface area contributed by atoms with Crippen molar-refractivity contribution in [2.24, 2.45) is 0 Å². The van der Waals surface area contributed by atoms with Crippen LogP contribution in [0.5, 0.6) is 0 Å². The van der Waals surface area contributed by atoms with Crippen LogP contribution in [0.3, 0.4) is 0 Å². The van der Waals surface area contributed by atoms with E-state index in [0.717, 1.165) is 22.2 Å². The molecule has 154 valence electrons. The standard InChI is InChI=1S/C25H21N3O3/c1-27(2)24(29)17-9-10-22-16(14-17)11-12-28(22)25(30)19-15-21(23-8-5-13-31-23)26-20-7-4-3-6-18(19)20/h3-10,13-15H,11-12H2,1-2H3. The van der Waals surface area contributed by atoms with Crippen LogP contribution in [0.25, 0.3) is 22.4 Å². The quantitative estimate of drug-likeness (QED) is 0.501. The van der Waals surface area contributed by atoms with Crippen molar-refractivity contribution in [1.29, 1.82) is 0 Å². The number of para-hydroxylation sites is 1. The van der Waals surface area contributed by atoms with E-state index in [1.165, 1.54) is 0 Å². The van der Waals surface area contributed by atoms with Crippen molar-refractivity contribution >= 4 is 28.4 Å². The van der Waals surface area contributed by atoms with E-state index in [9.17, 15) is 9.59 Å². The van der Waals surface area contributed by atoms with Gasteiger partial charge < -0.3 is 14.2 Å². The SMILES string of the molecule is CN(C)C(=O)c1ccc2c(c1)CCN2C(=O)c1cc(-c2ccco2)nc2ccccc12. The van der Waals surface area contributed by atoms with Crippen molar-refractivity contribution in [2.45, 2.75) is 6.42 Å². The van der Waals surface area contributed by atoms with Crippen LogP contribution in [0.1, 0.15) is 26.3 Å². The summed E-state index contributed by atoms with van der Waals surface area (Å²) < 4.78 is 5.52. The van der Waals surface area contributed by atoms with Crippen LogP contribution in [0, 0.1) is 0 Å². The number of carbonyl (C=O) groups is 2. The Morgan fingerprint density at radius 3 is 2.65 bits per heavy atom. The Balaban J connectivity index is 1.57. The highest BCUT2D eigenvalue weighted by Gasteiger charge is 2.28. The summed E-state index contributed by atoms with van der Waals surface area (Å²) in [6, 6.07) is 18.6. The first-order valence-corrected chi connectivity index (χ1v) is 10.1. The van der Waals surface area contributed by atoms with E-state index in [1.807, 2.05) is 42.5 Å². The minimum atomic E-state index is -0.0863. The molecule has 0 saturated carbocycles. The molecule has 31 heavy (non-hydrogen) atoms. The van der Waals surface area contributed by atoms with Crippen molar-refractivity contribution < 1.29 is 14.0 Å². The van der Waals surface area contributed by atoms with Crippen molar-refractivity contribution in [2.75, 3.05) is 25.5 Å². The minimum absolute atomic E-state index is 0.0456. The number of hydrogen-bond acceptors (Lipinski definition) is 4. The third kappa shape index (κ3) is 3.26. The molecule has 0 fully saturated rings. The molecule has 0 saturated heterocycles. The normalized spacial score (nSPS) is 12.8. The lowest BCUT2D eigenvalue weighted by Crippen LogP contribution is -2.29. The fourth-order valence-electron chi connectivity index (χ4n) is 4.05. The predicted octanol–water partition coefficient (Wildman–Crippen LogP) is 4.40. The number of fused-ring (bicyclic) bond motifs is 2. The summed E-state index contributed by atoms with van der Waals surface area (Å²) in [5, 5.41) is 0.802. The molecule has 1 aliphatic rings. The summed E-state index contributed by atoms with van der Waals surface area (Å²) in [4.78, 5) is 34.0. The van der Waals surface area contributed by atoms with E-state index in [2.05, 4.69) is 4.98 Å². The van der Waals surface area contributed by atoms with Crippen molar-refractivity contribution in [3.63, 3.8) is 0 Å². The smallest absolute Gasteiger partial charge is 0.259 e. The lowest BCUT2D eigenvalue weighted by molar-refractivity contribution is 0.0827. The van der Waals surface area contributed by atoms with Gasteiger partial charge in [-0.3, -0.25) is 9.59 Å². The number of amides is 2. The average molecular weight is 411 g/mol. The highest BCUT2D eigenvalue weighted by atomic mass is 16.3. The van der Waals surface area contributed by atoms with Gasteiger partial charge in [0.05, 0.1) is 17.3 Å². The van der Waals surface area contributed by atoms with Gasteiger partial charge in [-0.15, -0.1) is 0 Å². The van der Waals surface area contributed by atoms with Gasteiger partial charge in [0.2, 0.25) is 0 Å². The number of aromatic nitrogens is 1. The molecule has 0 bridgehead atoms. The molecule has 2 aromatic heterocycles. The molecular weight excluding hydrogens is 390 g/mol. The van der Waals surface area contributed by atoms with Gasteiger partial charge in [0.25, 0.3) is 11.8 Å². The zero-order chi connectivity index (χ0) is 21.5. The minimum Gasteiger partial charge on any atom is -0.463 e. The van der Waals surface area contributed by atoms with Crippen molar-refractivity contribution in [1.82, 2.24) is 9.88 Å². The Hall–Kier alpha value is -3.93. The maximum absolute atomic E-state index is 13.7. The van der Waals surface area contributed by atoms with Crippen molar-refractivity contribution in [3.8, 4) is 11.5 Å². The molecule has 5 rings (SSSR count). The summed E-state index contributed by atoms with van der Waals surface area (Å²) in [5.41, 5.74) is 4.43. The maximum Gasteiger partial charge on any atom is 0.259 e. The van der Waals surface area contributed by atoms with Gasteiger partial charge in [-0.1, -0.05) is 18.2 Å². The molecule has 0 atom stereocenters. The highest BCUT2D eigenvalue weighted by Crippen LogP contribution is 2.33. The Labute approximate surface area is 179 Å². The van der Waals surface area contributed by atoms with Gasteiger partial charge in [-0.05, 0) is 54.4 Å². The summed E-state index contributed by atoms with van der Waals surface area (Å²) in [6.45, 7) is 0.570. The summed E-state index contributed by atoms with van der Waals surface area (Å²) >= 11 is 0. The third-order valence-electron chi connectivity index (χ3n) is 5.59. The Kier molecular flexibility index (Phi) is 4.55. The number of furan rings is 1. The van der Waals surface area contributed by atoms with Gasteiger partial charge in [-0.25, -0.2) is 4.98 Å². The number of pyridine rings is 1. The third-order valence-corrected chi connectivity index (χ3v) is 5.59. The molecular formula is C25H21N3O3. The topological polar surface area (TPSA) is 66.7 Å². The van der Waals surface area contributed by atoms with E-state index in [-0.39, 0.29) is 11.8 Å². The molecule has 2 amide bonds.